The Hall–Kier alpha value is -0.640. The van der Waals surface area contributed by atoms with E-state index in [-0.39, 0.29) is 6.10 Å². The first-order valence-electron chi connectivity index (χ1n) is 5.27. The number of hydrogen-bond donors (Lipinski definition) is 2. The average molecular weight is 261 g/mol. The highest BCUT2D eigenvalue weighted by Crippen LogP contribution is 2.30. The van der Waals surface area contributed by atoms with Gasteiger partial charge in [0.2, 0.25) is 0 Å². The van der Waals surface area contributed by atoms with Gasteiger partial charge in [-0.3, -0.25) is 0 Å². The molecule has 0 radical (unpaired) electrons. The highest BCUT2D eigenvalue weighted by atomic mass is 35.5. The van der Waals surface area contributed by atoms with Crippen molar-refractivity contribution in [3.63, 3.8) is 0 Å². The van der Waals surface area contributed by atoms with Gasteiger partial charge in [0.25, 0.3) is 0 Å². The van der Waals surface area contributed by atoms with E-state index < -0.39 is 0 Å². The van der Waals surface area contributed by atoms with Gasteiger partial charge in [-0.2, -0.15) is 0 Å². The molecule has 0 aromatic heterocycles. The summed E-state index contributed by atoms with van der Waals surface area (Å²) in [4.78, 5) is 0. The second-order valence-electron chi connectivity index (χ2n) is 3.87. The highest BCUT2D eigenvalue weighted by molar-refractivity contribution is 6.42. The first-order chi connectivity index (χ1) is 7.66. The average Bonchev–Trinajstić information content (AvgIpc) is 2.74. The fourth-order valence-corrected chi connectivity index (χ4v) is 2.08. The molecule has 2 rings (SSSR count). The minimum atomic E-state index is 0.272. The van der Waals surface area contributed by atoms with Crippen LogP contribution in [0.3, 0.4) is 0 Å². The number of nitrogen functional groups attached to an aromatic ring is 1. The molecule has 1 atom stereocenters. The number of hydrogen-bond acceptors (Lipinski definition) is 3. The third-order valence-corrected chi connectivity index (χ3v) is 3.36. The molecule has 1 aliphatic rings. The lowest BCUT2D eigenvalue weighted by molar-refractivity contribution is 0.120. The summed E-state index contributed by atoms with van der Waals surface area (Å²) in [6.45, 7) is 1.60. The van der Waals surface area contributed by atoms with Crippen LogP contribution >= 0.6 is 23.2 Å². The Morgan fingerprint density at radius 3 is 2.81 bits per heavy atom. The topological polar surface area (TPSA) is 47.3 Å². The molecule has 88 valence electrons. The van der Waals surface area contributed by atoms with Crippen LogP contribution in [0, 0.1) is 0 Å². The number of anilines is 2. The smallest absolute Gasteiger partial charge is 0.0748 e. The Morgan fingerprint density at radius 2 is 2.12 bits per heavy atom. The Labute approximate surface area is 105 Å². The lowest BCUT2D eigenvalue weighted by Gasteiger charge is -2.14. The summed E-state index contributed by atoms with van der Waals surface area (Å²) < 4.78 is 5.51. The zero-order valence-electron chi connectivity index (χ0n) is 8.80. The van der Waals surface area contributed by atoms with Gasteiger partial charge in [0.1, 0.15) is 0 Å². The predicted octanol–water partition coefficient (Wildman–Crippen LogP) is 3.17. The molecule has 1 aromatic rings. The van der Waals surface area contributed by atoms with Gasteiger partial charge in [0.05, 0.1) is 27.5 Å². The lowest BCUT2D eigenvalue weighted by atomic mass is 10.2. The molecule has 1 fully saturated rings. The SMILES string of the molecule is Nc1cc(Cl)c(Cl)cc1NCC1CCCO1. The number of benzene rings is 1. The zero-order chi connectivity index (χ0) is 11.5. The molecular formula is C11H14Cl2N2O. The maximum absolute atomic E-state index is 5.92. The summed E-state index contributed by atoms with van der Waals surface area (Å²) >= 11 is 11.8. The third kappa shape index (κ3) is 2.73. The first kappa shape index (κ1) is 11.8. The summed E-state index contributed by atoms with van der Waals surface area (Å²) in [6, 6.07) is 3.40. The van der Waals surface area contributed by atoms with Crippen molar-refractivity contribution in [3.05, 3.63) is 22.2 Å². The van der Waals surface area contributed by atoms with Crippen LogP contribution in [0.1, 0.15) is 12.8 Å². The van der Waals surface area contributed by atoms with Gasteiger partial charge in [0.15, 0.2) is 0 Å². The Bertz CT molecular complexity index is 378. The van der Waals surface area contributed by atoms with Crippen molar-refractivity contribution >= 4 is 34.6 Å². The minimum Gasteiger partial charge on any atom is -0.397 e. The molecule has 5 heteroatoms. The van der Waals surface area contributed by atoms with Crippen LogP contribution in [0.5, 0.6) is 0 Å². The maximum Gasteiger partial charge on any atom is 0.0748 e. The van der Waals surface area contributed by atoms with Crippen molar-refractivity contribution in [1.29, 1.82) is 0 Å². The van der Waals surface area contributed by atoms with Crippen LogP contribution in [0.2, 0.25) is 10.0 Å². The van der Waals surface area contributed by atoms with E-state index in [1.807, 2.05) is 0 Å². The molecule has 1 aliphatic heterocycles. The van der Waals surface area contributed by atoms with E-state index in [4.69, 9.17) is 33.7 Å². The second kappa shape index (κ2) is 5.13. The standard InChI is InChI=1S/C11H14Cl2N2O/c12-8-4-10(14)11(5-9(8)13)15-6-7-2-1-3-16-7/h4-5,7,15H,1-3,6,14H2. The van der Waals surface area contributed by atoms with Gasteiger partial charge in [-0.15, -0.1) is 0 Å². The fraction of sp³-hybridized carbons (Fsp3) is 0.455. The minimum absolute atomic E-state index is 0.272. The van der Waals surface area contributed by atoms with Crippen LogP contribution < -0.4 is 11.1 Å². The van der Waals surface area contributed by atoms with E-state index >= 15 is 0 Å². The van der Waals surface area contributed by atoms with E-state index in [9.17, 15) is 0 Å². The van der Waals surface area contributed by atoms with Gasteiger partial charge in [-0.25, -0.2) is 0 Å². The number of nitrogens with one attached hydrogen (secondary N) is 1. The normalized spacial score (nSPS) is 20.0. The molecule has 3 N–H and O–H groups in total. The van der Waals surface area contributed by atoms with Gasteiger partial charge < -0.3 is 15.8 Å². The van der Waals surface area contributed by atoms with Crippen LogP contribution in [-0.4, -0.2) is 19.3 Å². The van der Waals surface area contributed by atoms with Crippen molar-refractivity contribution in [2.45, 2.75) is 18.9 Å². The third-order valence-electron chi connectivity index (χ3n) is 2.64. The Kier molecular flexibility index (Phi) is 3.79. The van der Waals surface area contributed by atoms with E-state index in [0.717, 1.165) is 31.7 Å². The quantitative estimate of drug-likeness (QED) is 0.821. The summed E-state index contributed by atoms with van der Waals surface area (Å²) in [5, 5.41) is 4.21. The van der Waals surface area contributed by atoms with E-state index in [2.05, 4.69) is 5.32 Å². The number of rotatable bonds is 3. The van der Waals surface area contributed by atoms with Crippen LogP contribution in [0.4, 0.5) is 11.4 Å². The van der Waals surface area contributed by atoms with Gasteiger partial charge >= 0.3 is 0 Å². The molecule has 0 aliphatic carbocycles. The van der Waals surface area contributed by atoms with Crippen molar-refractivity contribution in [1.82, 2.24) is 0 Å². The highest BCUT2D eigenvalue weighted by Gasteiger charge is 2.15. The molecule has 0 spiro atoms. The predicted molar refractivity (Wildman–Crippen MR) is 68.3 cm³/mol. The monoisotopic (exact) mass is 260 g/mol. The molecule has 16 heavy (non-hydrogen) atoms. The molecule has 3 nitrogen and oxygen atoms in total. The van der Waals surface area contributed by atoms with Crippen molar-refractivity contribution in [3.8, 4) is 0 Å². The number of halogens is 2. The summed E-state index contributed by atoms with van der Waals surface area (Å²) in [5.41, 5.74) is 7.24. The van der Waals surface area contributed by atoms with Crippen molar-refractivity contribution < 1.29 is 4.74 Å². The van der Waals surface area contributed by atoms with Crippen LogP contribution in [0.25, 0.3) is 0 Å². The second-order valence-corrected chi connectivity index (χ2v) is 4.68. The molecule has 0 saturated carbocycles. The fourth-order valence-electron chi connectivity index (χ4n) is 1.74. The van der Waals surface area contributed by atoms with Crippen molar-refractivity contribution in [2.75, 3.05) is 24.2 Å². The molecule has 1 heterocycles. The van der Waals surface area contributed by atoms with Gasteiger partial charge in [-0.05, 0) is 25.0 Å². The number of ether oxygens (including phenoxy) is 1. The van der Waals surface area contributed by atoms with E-state index in [1.165, 1.54) is 0 Å². The Morgan fingerprint density at radius 1 is 1.38 bits per heavy atom. The lowest BCUT2D eigenvalue weighted by Crippen LogP contribution is -2.18. The molecule has 1 aromatic carbocycles. The van der Waals surface area contributed by atoms with Crippen molar-refractivity contribution in [2.24, 2.45) is 0 Å². The van der Waals surface area contributed by atoms with Crippen LogP contribution in [-0.2, 0) is 4.74 Å². The van der Waals surface area contributed by atoms with E-state index in [1.54, 1.807) is 12.1 Å². The first-order valence-corrected chi connectivity index (χ1v) is 6.02. The van der Waals surface area contributed by atoms with Gasteiger partial charge in [-0.1, -0.05) is 23.2 Å². The summed E-state index contributed by atoms with van der Waals surface area (Å²) in [5.74, 6) is 0. The Balaban J connectivity index is 2.00. The largest absolute Gasteiger partial charge is 0.397 e. The summed E-state index contributed by atoms with van der Waals surface area (Å²) in [7, 11) is 0. The van der Waals surface area contributed by atoms with E-state index in [0.29, 0.717) is 15.7 Å². The molecular weight excluding hydrogens is 247 g/mol. The zero-order valence-corrected chi connectivity index (χ0v) is 10.3. The van der Waals surface area contributed by atoms with Crippen LogP contribution in [0.15, 0.2) is 12.1 Å². The molecule has 0 bridgehead atoms. The molecule has 0 amide bonds. The maximum atomic E-state index is 5.92. The molecule has 1 unspecified atom stereocenters. The summed E-state index contributed by atoms with van der Waals surface area (Å²) in [6.07, 6.45) is 2.49. The molecule has 1 saturated heterocycles. The van der Waals surface area contributed by atoms with Gasteiger partial charge in [0, 0.05) is 13.2 Å². The number of nitrogens with two attached hydrogens (primary N) is 1.